The molecule has 2 rings (SSSR count). The third-order valence-corrected chi connectivity index (χ3v) is 6.25. The maximum atomic E-state index is 13.2. The van der Waals surface area contributed by atoms with Crippen molar-refractivity contribution in [1.82, 2.24) is 20.7 Å². The first-order chi connectivity index (χ1) is 18.8. The predicted molar refractivity (Wildman–Crippen MR) is 156 cm³/mol. The highest BCUT2D eigenvalue weighted by Crippen LogP contribution is 2.08. The Morgan fingerprint density at radius 1 is 0.872 bits per heavy atom. The molecule has 0 fully saturated rings. The summed E-state index contributed by atoms with van der Waals surface area (Å²) in [4.78, 5) is 40.4. The summed E-state index contributed by atoms with van der Waals surface area (Å²) in [6, 6.07) is 19.4. The third-order valence-electron chi connectivity index (χ3n) is 6.25. The van der Waals surface area contributed by atoms with Crippen LogP contribution in [0.25, 0.3) is 0 Å². The number of carbonyl (C=O) groups is 3. The van der Waals surface area contributed by atoms with Gasteiger partial charge in [0.05, 0.1) is 6.04 Å². The lowest BCUT2D eigenvalue weighted by Crippen LogP contribution is -2.53. The van der Waals surface area contributed by atoms with E-state index in [1.165, 1.54) is 27.6 Å². The minimum absolute atomic E-state index is 0.259. The van der Waals surface area contributed by atoms with Gasteiger partial charge >= 0.3 is 0 Å². The van der Waals surface area contributed by atoms with Crippen LogP contribution in [-0.2, 0) is 27.3 Å². The van der Waals surface area contributed by atoms with Gasteiger partial charge in [0, 0.05) is 32.3 Å². The predicted octanol–water partition coefficient (Wildman–Crippen LogP) is 3.44. The summed E-state index contributed by atoms with van der Waals surface area (Å²) < 4.78 is 0. The molecule has 0 saturated carbocycles. The van der Waals surface area contributed by atoms with E-state index in [9.17, 15) is 14.4 Å². The van der Waals surface area contributed by atoms with Crippen molar-refractivity contribution < 1.29 is 14.4 Å². The lowest BCUT2D eigenvalue weighted by molar-refractivity contribution is -0.139. The topological polar surface area (TPSA) is 108 Å². The Hall–Kier alpha value is -3.49. The molecule has 0 spiro atoms. The summed E-state index contributed by atoms with van der Waals surface area (Å²) >= 11 is 0. The maximum Gasteiger partial charge on any atom is 0.265 e. The van der Waals surface area contributed by atoms with Crippen LogP contribution in [0.5, 0.6) is 0 Å². The molecule has 39 heavy (non-hydrogen) atoms. The number of nitrogens with one attached hydrogen (secondary N) is 2. The molecule has 8 heteroatoms. The van der Waals surface area contributed by atoms with Gasteiger partial charge < -0.3 is 16.0 Å². The molecule has 0 radical (unpaired) electrons. The van der Waals surface area contributed by atoms with Crippen LogP contribution in [0.3, 0.4) is 0 Å². The number of rotatable bonds is 16. The molecular formula is C31H45N5O3. The van der Waals surface area contributed by atoms with Crippen LogP contribution in [0.4, 0.5) is 0 Å². The van der Waals surface area contributed by atoms with E-state index in [0.29, 0.717) is 44.9 Å². The first-order valence-electron chi connectivity index (χ1n) is 13.9. The Bertz CT molecular complexity index is 1030. The van der Waals surface area contributed by atoms with E-state index >= 15 is 0 Å². The van der Waals surface area contributed by atoms with Crippen LogP contribution in [0.2, 0.25) is 0 Å². The number of aryl methyl sites for hydroxylation is 1. The molecule has 1 unspecified atom stereocenters. The molecule has 212 valence electrons. The molecule has 0 bridgehead atoms. The van der Waals surface area contributed by atoms with Crippen molar-refractivity contribution in [1.29, 1.82) is 0 Å². The summed E-state index contributed by atoms with van der Waals surface area (Å²) in [6.07, 6.45) is 6.28. The van der Waals surface area contributed by atoms with Crippen LogP contribution in [-0.4, -0.2) is 60.4 Å². The van der Waals surface area contributed by atoms with Crippen LogP contribution < -0.4 is 16.5 Å². The van der Waals surface area contributed by atoms with E-state index in [1.54, 1.807) is 7.05 Å². The van der Waals surface area contributed by atoms with Gasteiger partial charge in [0.2, 0.25) is 5.91 Å². The molecule has 0 heterocycles. The SMILES string of the molecule is CC(C)CC(NCCCc1ccccc1)C(=O)NN(CCCCN)C(=O)/C=C/C(=O)N(C)Cc1ccccc1. The van der Waals surface area contributed by atoms with E-state index in [4.69, 9.17) is 5.73 Å². The molecule has 0 aliphatic rings. The van der Waals surface area contributed by atoms with E-state index in [1.807, 2.05) is 48.5 Å². The Kier molecular flexibility index (Phi) is 14.6. The van der Waals surface area contributed by atoms with Gasteiger partial charge in [0.15, 0.2) is 0 Å². The number of benzene rings is 2. The highest BCUT2D eigenvalue weighted by atomic mass is 16.2. The van der Waals surface area contributed by atoms with Crippen molar-refractivity contribution in [3.05, 3.63) is 83.9 Å². The second kappa shape index (κ2) is 17.9. The van der Waals surface area contributed by atoms with Crippen molar-refractivity contribution >= 4 is 17.7 Å². The van der Waals surface area contributed by atoms with Gasteiger partial charge in [-0.3, -0.25) is 24.8 Å². The molecular weight excluding hydrogens is 490 g/mol. The van der Waals surface area contributed by atoms with Crippen molar-refractivity contribution in [2.45, 2.75) is 58.5 Å². The normalized spacial score (nSPS) is 11.9. The average Bonchev–Trinajstić information content (AvgIpc) is 2.93. The number of unbranched alkanes of at least 4 members (excludes halogenated alkanes) is 1. The lowest BCUT2D eigenvalue weighted by atomic mass is 10.0. The zero-order valence-electron chi connectivity index (χ0n) is 23.6. The first-order valence-corrected chi connectivity index (χ1v) is 13.9. The molecule has 4 N–H and O–H groups in total. The van der Waals surface area contributed by atoms with Gasteiger partial charge in [-0.25, -0.2) is 0 Å². The van der Waals surface area contributed by atoms with Gasteiger partial charge in [0.25, 0.3) is 11.8 Å². The Morgan fingerprint density at radius 2 is 1.49 bits per heavy atom. The molecule has 0 saturated heterocycles. The van der Waals surface area contributed by atoms with E-state index in [2.05, 4.69) is 36.7 Å². The molecule has 8 nitrogen and oxygen atoms in total. The minimum atomic E-state index is -0.450. The highest BCUT2D eigenvalue weighted by molar-refractivity contribution is 5.97. The third kappa shape index (κ3) is 12.7. The molecule has 2 aromatic carbocycles. The summed E-state index contributed by atoms with van der Waals surface area (Å²) in [5, 5.41) is 4.66. The fourth-order valence-electron chi connectivity index (χ4n) is 4.11. The van der Waals surface area contributed by atoms with E-state index < -0.39 is 11.9 Å². The summed E-state index contributed by atoms with van der Waals surface area (Å²) in [5.74, 6) is -0.709. The molecule has 3 amide bonds. The van der Waals surface area contributed by atoms with Crippen molar-refractivity contribution in [2.75, 3.05) is 26.7 Å². The van der Waals surface area contributed by atoms with Crippen molar-refractivity contribution in [3.63, 3.8) is 0 Å². The quantitative estimate of drug-likeness (QED) is 0.173. The Balaban J connectivity index is 1.98. The van der Waals surface area contributed by atoms with Gasteiger partial charge in [-0.15, -0.1) is 0 Å². The number of nitrogens with two attached hydrogens (primary N) is 1. The number of hydrazine groups is 1. The zero-order chi connectivity index (χ0) is 28.5. The van der Waals surface area contributed by atoms with Gasteiger partial charge in [-0.05, 0) is 62.2 Å². The summed E-state index contributed by atoms with van der Waals surface area (Å²) in [7, 11) is 1.69. The Morgan fingerprint density at radius 3 is 2.10 bits per heavy atom. The summed E-state index contributed by atoms with van der Waals surface area (Å²) in [6.45, 7) is 6.05. The number of likely N-dealkylation sites (N-methyl/N-ethyl adjacent to an activating group) is 1. The van der Waals surface area contributed by atoms with Crippen LogP contribution in [0.15, 0.2) is 72.8 Å². The lowest BCUT2D eigenvalue weighted by Gasteiger charge is -2.26. The van der Waals surface area contributed by atoms with Gasteiger partial charge in [-0.1, -0.05) is 74.5 Å². The highest BCUT2D eigenvalue weighted by Gasteiger charge is 2.23. The van der Waals surface area contributed by atoms with Crippen LogP contribution >= 0.6 is 0 Å². The molecule has 1 atom stereocenters. The smallest absolute Gasteiger partial charge is 0.265 e. The van der Waals surface area contributed by atoms with E-state index in [-0.39, 0.29) is 11.8 Å². The second-order valence-electron chi connectivity index (χ2n) is 10.2. The van der Waals surface area contributed by atoms with Gasteiger partial charge in [-0.2, -0.15) is 0 Å². The van der Waals surface area contributed by atoms with Gasteiger partial charge in [0.1, 0.15) is 0 Å². The monoisotopic (exact) mass is 535 g/mol. The van der Waals surface area contributed by atoms with Crippen molar-refractivity contribution in [2.24, 2.45) is 11.7 Å². The number of hydrogen-bond acceptors (Lipinski definition) is 5. The number of carbonyl (C=O) groups excluding carboxylic acids is 3. The molecule has 0 aliphatic heterocycles. The fraction of sp³-hybridized carbons (Fsp3) is 0.452. The largest absolute Gasteiger partial charge is 0.338 e. The average molecular weight is 536 g/mol. The maximum absolute atomic E-state index is 13.2. The van der Waals surface area contributed by atoms with Crippen LogP contribution in [0.1, 0.15) is 50.7 Å². The Labute approximate surface area is 233 Å². The first kappa shape index (κ1) is 31.7. The van der Waals surface area contributed by atoms with Crippen molar-refractivity contribution in [3.8, 4) is 0 Å². The van der Waals surface area contributed by atoms with E-state index in [0.717, 1.165) is 24.8 Å². The minimum Gasteiger partial charge on any atom is -0.338 e. The second-order valence-corrected chi connectivity index (χ2v) is 10.2. The zero-order valence-corrected chi connectivity index (χ0v) is 23.6. The fourth-order valence-corrected chi connectivity index (χ4v) is 4.11. The molecule has 2 aromatic rings. The van der Waals surface area contributed by atoms with Crippen LogP contribution in [0, 0.1) is 5.92 Å². The molecule has 0 aliphatic carbocycles. The summed E-state index contributed by atoms with van der Waals surface area (Å²) in [5.41, 5.74) is 10.7. The number of nitrogens with zero attached hydrogens (tertiary/aromatic N) is 2. The standard InChI is InChI=1S/C31H45N5O3/c1-25(2)23-28(33-21-12-17-26-13-6-4-7-14-26)31(39)34-36(22-11-10-20-32)30(38)19-18-29(37)35(3)24-27-15-8-5-9-16-27/h4-9,13-16,18-19,25,28,33H,10-12,17,20-24,32H2,1-3H3,(H,34,39)/b19-18+. The number of hydrogen-bond donors (Lipinski definition) is 3. The number of amides is 3. The molecule has 0 aromatic heterocycles.